The second-order valence-corrected chi connectivity index (χ2v) is 3.52. The molecule has 1 heterocycles. The molecule has 5 heteroatoms. The van der Waals surface area contributed by atoms with E-state index in [0.717, 1.165) is 0 Å². The van der Waals surface area contributed by atoms with E-state index >= 15 is 0 Å². The number of amides is 1. The maximum absolute atomic E-state index is 11.3. The topological polar surface area (TPSA) is 55.6 Å². The van der Waals surface area contributed by atoms with Gasteiger partial charge in [0.15, 0.2) is 6.61 Å². The Bertz CT molecular complexity index is 406. The number of fused-ring (bicyclic) bond motifs is 1. The number of anilines is 2. The number of benzene rings is 1. The Morgan fingerprint density at radius 2 is 2.29 bits per heavy atom. The molecule has 0 saturated heterocycles. The normalized spacial score (nSPS) is 15.0. The number of nitrogens with zero attached hydrogens (tertiary/aromatic N) is 1. The minimum atomic E-state index is -0.119. The van der Waals surface area contributed by atoms with Crippen LogP contribution in [0.3, 0.4) is 0 Å². The van der Waals surface area contributed by atoms with E-state index < -0.39 is 0 Å². The van der Waals surface area contributed by atoms with Crippen molar-refractivity contribution in [2.24, 2.45) is 0 Å². The molecule has 4 nitrogen and oxygen atoms in total. The van der Waals surface area contributed by atoms with Gasteiger partial charge in [0.1, 0.15) is 11.4 Å². The highest BCUT2D eigenvalue weighted by Gasteiger charge is 2.24. The lowest BCUT2D eigenvalue weighted by molar-refractivity contribution is -0.120. The van der Waals surface area contributed by atoms with Crippen LogP contribution in [0, 0.1) is 0 Å². The Labute approximate surface area is 86.2 Å². The van der Waals surface area contributed by atoms with E-state index in [4.69, 9.17) is 22.1 Å². The lowest BCUT2D eigenvalue weighted by atomic mass is 10.2. The first-order chi connectivity index (χ1) is 6.59. The molecule has 1 aliphatic rings. The van der Waals surface area contributed by atoms with E-state index in [2.05, 4.69) is 0 Å². The van der Waals surface area contributed by atoms with Crippen molar-refractivity contribution in [3.63, 3.8) is 0 Å². The molecular formula is C9H9ClN2O2. The summed E-state index contributed by atoms with van der Waals surface area (Å²) in [6.45, 7) is 0.0310. The van der Waals surface area contributed by atoms with Crippen molar-refractivity contribution in [2.75, 3.05) is 24.3 Å². The first-order valence-electron chi connectivity index (χ1n) is 4.08. The smallest absolute Gasteiger partial charge is 0.264 e. The van der Waals surface area contributed by atoms with E-state index in [1.165, 1.54) is 4.90 Å². The van der Waals surface area contributed by atoms with Crippen molar-refractivity contribution >= 4 is 28.9 Å². The second-order valence-electron chi connectivity index (χ2n) is 3.08. The molecule has 74 valence electrons. The van der Waals surface area contributed by atoms with E-state index in [9.17, 15) is 4.79 Å². The zero-order valence-corrected chi connectivity index (χ0v) is 8.34. The number of carbonyl (C=O) groups is 1. The largest absolute Gasteiger partial charge is 0.481 e. The third-order valence-corrected chi connectivity index (χ3v) is 2.35. The van der Waals surface area contributed by atoms with Gasteiger partial charge in [-0.1, -0.05) is 11.6 Å². The van der Waals surface area contributed by atoms with Crippen molar-refractivity contribution in [2.45, 2.75) is 0 Å². The number of nitrogens with two attached hydrogens (primary N) is 1. The molecule has 0 unspecified atom stereocenters. The Balaban J connectivity index is 2.60. The maximum atomic E-state index is 11.3. The van der Waals surface area contributed by atoms with E-state index in [-0.39, 0.29) is 12.5 Å². The van der Waals surface area contributed by atoms with Crippen LogP contribution in [0.2, 0.25) is 5.02 Å². The summed E-state index contributed by atoms with van der Waals surface area (Å²) in [4.78, 5) is 12.8. The Hall–Kier alpha value is -1.42. The molecular weight excluding hydrogens is 204 g/mol. The Morgan fingerprint density at radius 1 is 1.57 bits per heavy atom. The van der Waals surface area contributed by atoms with Crippen LogP contribution in [0.15, 0.2) is 12.1 Å². The van der Waals surface area contributed by atoms with Gasteiger partial charge >= 0.3 is 0 Å². The van der Waals surface area contributed by atoms with Crippen LogP contribution in [0.5, 0.6) is 5.75 Å². The minimum Gasteiger partial charge on any atom is -0.481 e. The fourth-order valence-corrected chi connectivity index (χ4v) is 1.64. The molecule has 0 bridgehead atoms. The van der Waals surface area contributed by atoms with Crippen LogP contribution in [0.4, 0.5) is 11.4 Å². The summed E-state index contributed by atoms with van der Waals surface area (Å²) < 4.78 is 5.21. The Kier molecular flexibility index (Phi) is 2.00. The average Bonchev–Trinajstić information content (AvgIpc) is 2.10. The lowest BCUT2D eigenvalue weighted by Crippen LogP contribution is -2.36. The van der Waals surface area contributed by atoms with E-state index in [0.29, 0.717) is 22.1 Å². The number of hydrogen-bond acceptors (Lipinski definition) is 3. The minimum absolute atomic E-state index is 0.0310. The molecule has 1 aromatic carbocycles. The number of likely N-dealkylation sites (N-methyl/N-ethyl adjacent to an activating group) is 1. The van der Waals surface area contributed by atoms with Gasteiger partial charge in [-0.05, 0) is 6.07 Å². The van der Waals surface area contributed by atoms with Crippen molar-refractivity contribution < 1.29 is 9.53 Å². The molecule has 0 aromatic heterocycles. The average molecular weight is 213 g/mol. The summed E-state index contributed by atoms with van der Waals surface area (Å²) in [6.07, 6.45) is 0. The number of halogens is 1. The summed E-state index contributed by atoms with van der Waals surface area (Å²) in [5.41, 5.74) is 6.77. The first-order valence-corrected chi connectivity index (χ1v) is 4.46. The third-order valence-electron chi connectivity index (χ3n) is 2.13. The molecule has 0 spiro atoms. The van der Waals surface area contributed by atoms with Gasteiger partial charge in [0, 0.05) is 18.1 Å². The van der Waals surface area contributed by atoms with Crippen molar-refractivity contribution in [3.8, 4) is 5.75 Å². The number of carbonyl (C=O) groups excluding carboxylic acids is 1. The summed E-state index contributed by atoms with van der Waals surface area (Å²) in [5, 5.41) is 0.504. The highest BCUT2D eigenvalue weighted by atomic mass is 35.5. The van der Waals surface area contributed by atoms with Gasteiger partial charge in [0.25, 0.3) is 5.91 Å². The van der Waals surface area contributed by atoms with Gasteiger partial charge in [-0.15, -0.1) is 0 Å². The van der Waals surface area contributed by atoms with Crippen molar-refractivity contribution in [1.29, 1.82) is 0 Å². The zero-order valence-electron chi connectivity index (χ0n) is 7.58. The van der Waals surface area contributed by atoms with E-state index in [1.54, 1.807) is 19.2 Å². The van der Waals surface area contributed by atoms with Crippen LogP contribution >= 0.6 is 11.6 Å². The standard InChI is InChI=1S/C9H9ClN2O2/c1-12-8(13)4-14-7-3-5(10)2-6(11)9(7)12/h2-3H,4,11H2,1H3. The highest BCUT2D eigenvalue weighted by Crippen LogP contribution is 2.38. The van der Waals surface area contributed by atoms with Crippen LogP contribution < -0.4 is 15.4 Å². The summed E-state index contributed by atoms with van der Waals surface area (Å²) in [5.74, 6) is 0.434. The summed E-state index contributed by atoms with van der Waals surface area (Å²) in [7, 11) is 1.66. The van der Waals surface area contributed by atoms with Crippen molar-refractivity contribution in [1.82, 2.24) is 0 Å². The fourth-order valence-electron chi connectivity index (χ4n) is 1.42. The molecule has 14 heavy (non-hydrogen) atoms. The highest BCUT2D eigenvalue weighted by molar-refractivity contribution is 6.31. The molecule has 0 atom stereocenters. The van der Waals surface area contributed by atoms with Crippen molar-refractivity contribution in [3.05, 3.63) is 17.2 Å². The number of hydrogen-bond donors (Lipinski definition) is 1. The van der Waals surface area contributed by atoms with Gasteiger partial charge in [-0.3, -0.25) is 4.79 Å². The van der Waals surface area contributed by atoms with Crippen LogP contribution in [0.25, 0.3) is 0 Å². The van der Waals surface area contributed by atoms with Crippen LogP contribution in [-0.4, -0.2) is 19.6 Å². The predicted octanol–water partition coefficient (Wildman–Crippen LogP) is 1.28. The molecule has 1 amide bonds. The zero-order chi connectivity index (χ0) is 10.3. The molecule has 0 saturated carbocycles. The van der Waals surface area contributed by atoms with Gasteiger partial charge in [-0.25, -0.2) is 0 Å². The fraction of sp³-hybridized carbons (Fsp3) is 0.222. The molecule has 1 aromatic rings. The van der Waals surface area contributed by atoms with Gasteiger partial charge < -0.3 is 15.4 Å². The van der Waals surface area contributed by atoms with Crippen LogP contribution in [-0.2, 0) is 4.79 Å². The van der Waals surface area contributed by atoms with E-state index in [1.807, 2.05) is 0 Å². The predicted molar refractivity (Wildman–Crippen MR) is 54.8 cm³/mol. The second kappa shape index (κ2) is 3.06. The molecule has 2 rings (SSSR count). The van der Waals surface area contributed by atoms with Gasteiger partial charge in [0.2, 0.25) is 0 Å². The summed E-state index contributed by atoms with van der Waals surface area (Å²) in [6, 6.07) is 3.25. The molecule has 1 aliphatic heterocycles. The molecule has 0 aliphatic carbocycles. The van der Waals surface area contributed by atoms with Gasteiger partial charge in [0.05, 0.1) is 5.69 Å². The first kappa shape index (κ1) is 9.15. The lowest BCUT2D eigenvalue weighted by Gasteiger charge is -2.27. The van der Waals surface area contributed by atoms with Gasteiger partial charge in [-0.2, -0.15) is 0 Å². The quantitative estimate of drug-likeness (QED) is 0.659. The summed E-state index contributed by atoms with van der Waals surface area (Å²) >= 11 is 5.80. The number of ether oxygens (including phenoxy) is 1. The molecule has 0 fully saturated rings. The molecule has 0 radical (unpaired) electrons. The monoisotopic (exact) mass is 212 g/mol. The number of rotatable bonds is 0. The van der Waals surface area contributed by atoms with Crippen LogP contribution in [0.1, 0.15) is 0 Å². The SMILES string of the molecule is CN1C(=O)COc2cc(Cl)cc(N)c21. The maximum Gasteiger partial charge on any atom is 0.264 e. The number of nitrogen functional groups attached to an aromatic ring is 1. The Morgan fingerprint density at radius 3 is 3.00 bits per heavy atom. The molecule has 2 N–H and O–H groups in total. The third kappa shape index (κ3) is 1.28.